The van der Waals surface area contributed by atoms with Crippen molar-refractivity contribution in [1.82, 2.24) is 15.2 Å². The number of unbranched alkanes of at least 4 members (excludes halogenated alkanes) is 1. The lowest BCUT2D eigenvalue weighted by Crippen LogP contribution is -2.39. The van der Waals surface area contributed by atoms with Gasteiger partial charge < -0.3 is 10.2 Å². The second-order valence-electron chi connectivity index (χ2n) is 9.71. The van der Waals surface area contributed by atoms with Gasteiger partial charge in [0.1, 0.15) is 0 Å². The summed E-state index contributed by atoms with van der Waals surface area (Å²) in [4.78, 5) is 30.6. The average molecular weight is 518 g/mol. The highest BCUT2D eigenvalue weighted by Crippen LogP contribution is 2.21. The van der Waals surface area contributed by atoms with Gasteiger partial charge in [-0.05, 0) is 82.3 Å². The Morgan fingerprint density at radius 2 is 1.53 bits per heavy atom. The summed E-state index contributed by atoms with van der Waals surface area (Å²) in [5, 5.41) is 2.98. The summed E-state index contributed by atoms with van der Waals surface area (Å²) in [6.45, 7) is 4.49. The molecule has 5 heteroatoms. The van der Waals surface area contributed by atoms with Crippen LogP contribution in [0.4, 0.5) is 0 Å². The zero-order valence-corrected chi connectivity index (χ0v) is 23.3. The van der Waals surface area contributed by atoms with Crippen molar-refractivity contribution in [3.63, 3.8) is 0 Å². The Kier molecular flexibility index (Phi) is 17.0. The van der Waals surface area contributed by atoms with Crippen LogP contribution in [-0.2, 0) is 4.79 Å². The number of amides is 2. The van der Waals surface area contributed by atoms with Crippen LogP contribution < -0.4 is 5.32 Å². The number of pyridine rings is 1. The zero-order valence-electron chi connectivity index (χ0n) is 23.3. The molecule has 2 heterocycles. The molecule has 0 bridgehead atoms. The molecule has 1 aromatic rings. The Hall–Kier alpha value is -3.21. The topological polar surface area (TPSA) is 62.3 Å². The van der Waals surface area contributed by atoms with E-state index in [-0.39, 0.29) is 11.8 Å². The molecule has 2 amide bonds. The van der Waals surface area contributed by atoms with E-state index in [4.69, 9.17) is 0 Å². The molecular weight excluding hydrogens is 470 g/mol. The smallest absolute Gasteiger partial charge is 0.252 e. The number of piperidine rings is 1. The summed E-state index contributed by atoms with van der Waals surface area (Å²) in [6.07, 6.45) is 35.8. The van der Waals surface area contributed by atoms with E-state index in [0.717, 1.165) is 77.3 Å². The van der Waals surface area contributed by atoms with Crippen LogP contribution in [0.1, 0.15) is 87.9 Å². The van der Waals surface area contributed by atoms with Crippen molar-refractivity contribution in [2.45, 2.75) is 77.6 Å². The van der Waals surface area contributed by atoms with Gasteiger partial charge in [-0.25, -0.2) is 0 Å². The SMILES string of the molecule is CC/C=C\C/C=C\C/C=C\C/C=C\C/C=C\CCCC(=O)N1CCC(CCNC(=O)c2cccnc2)CC1. The summed E-state index contributed by atoms with van der Waals surface area (Å²) in [5.74, 6) is 0.772. The maximum atomic E-state index is 12.5. The molecule has 38 heavy (non-hydrogen) atoms. The van der Waals surface area contributed by atoms with Crippen LogP contribution >= 0.6 is 0 Å². The van der Waals surface area contributed by atoms with E-state index in [9.17, 15) is 9.59 Å². The largest absolute Gasteiger partial charge is 0.352 e. The molecule has 0 spiro atoms. The van der Waals surface area contributed by atoms with Gasteiger partial charge in [-0.15, -0.1) is 0 Å². The Morgan fingerprint density at radius 1 is 0.921 bits per heavy atom. The highest BCUT2D eigenvalue weighted by Gasteiger charge is 2.22. The molecule has 1 fully saturated rings. The number of likely N-dealkylation sites (tertiary alicyclic amines) is 1. The molecule has 0 aromatic carbocycles. The lowest BCUT2D eigenvalue weighted by molar-refractivity contribution is -0.132. The first-order valence-electron chi connectivity index (χ1n) is 14.4. The number of rotatable bonds is 17. The van der Waals surface area contributed by atoms with E-state index >= 15 is 0 Å². The highest BCUT2D eigenvalue weighted by molar-refractivity contribution is 5.93. The van der Waals surface area contributed by atoms with Crippen LogP contribution in [0.25, 0.3) is 0 Å². The van der Waals surface area contributed by atoms with Gasteiger partial charge in [-0.3, -0.25) is 14.6 Å². The van der Waals surface area contributed by atoms with Gasteiger partial charge >= 0.3 is 0 Å². The van der Waals surface area contributed by atoms with Crippen LogP contribution in [-0.4, -0.2) is 41.3 Å². The monoisotopic (exact) mass is 517 g/mol. The predicted octanol–water partition coefficient (Wildman–Crippen LogP) is 7.36. The zero-order chi connectivity index (χ0) is 27.1. The van der Waals surface area contributed by atoms with Crippen molar-refractivity contribution in [3.8, 4) is 0 Å². The number of aromatic nitrogens is 1. The van der Waals surface area contributed by atoms with Gasteiger partial charge in [-0.2, -0.15) is 0 Å². The minimum atomic E-state index is -0.0711. The van der Waals surface area contributed by atoms with Crippen LogP contribution in [0, 0.1) is 5.92 Å². The molecule has 0 aliphatic carbocycles. The molecular formula is C33H47N3O2. The fourth-order valence-electron chi connectivity index (χ4n) is 4.36. The van der Waals surface area contributed by atoms with Crippen LogP contribution in [0.2, 0.25) is 0 Å². The van der Waals surface area contributed by atoms with Crippen LogP contribution in [0.3, 0.4) is 0 Å². The van der Waals surface area contributed by atoms with Crippen molar-refractivity contribution >= 4 is 11.8 Å². The third-order valence-electron chi connectivity index (χ3n) is 6.65. The summed E-state index contributed by atoms with van der Waals surface area (Å²) < 4.78 is 0. The normalized spacial score (nSPS) is 15.1. The molecule has 1 aromatic heterocycles. The van der Waals surface area contributed by atoms with Gasteiger partial charge in [-0.1, -0.05) is 67.7 Å². The molecule has 0 unspecified atom stereocenters. The Bertz CT molecular complexity index is 923. The van der Waals surface area contributed by atoms with E-state index in [1.165, 1.54) is 0 Å². The first-order valence-corrected chi connectivity index (χ1v) is 14.4. The van der Waals surface area contributed by atoms with E-state index in [2.05, 4.69) is 78.0 Å². The van der Waals surface area contributed by atoms with E-state index in [1.54, 1.807) is 24.5 Å². The number of nitrogens with one attached hydrogen (secondary N) is 1. The minimum Gasteiger partial charge on any atom is -0.352 e. The first-order chi connectivity index (χ1) is 18.7. The van der Waals surface area contributed by atoms with E-state index < -0.39 is 0 Å². The second kappa shape index (κ2) is 20.8. The van der Waals surface area contributed by atoms with Gasteiger partial charge in [0.25, 0.3) is 5.91 Å². The molecule has 5 nitrogen and oxygen atoms in total. The van der Waals surface area contributed by atoms with Gasteiger partial charge in [0, 0.05) is 38.4 Å². The third-order valence-corrected chi connectivity index (χ3v) is 6.65. The standard InChI is InChI=1S/C33H47N3O2/c1-2-3-4-5-6-7-8-9-10-11-12-13-14-15-16-17-18-21-32(37)36-27-23-30(24-28-36)22-26-35-33(38)31-20-19-25-34-29-31/h3-4,6-7,9-10,12-13,15-16,19-20,25,29-30H,2,5,8,11,14,17-18,21-24,26-28H2,1H3,(H,35,38)/b4-3-,7-6-,10-9-,13-12-,16-15-. The Labute approximate surface area is 230 Å². The van der Waals surface area contributed by atoms with Crippen LogP contribution in [0.5, 0.6) is 0 Å². The van der Waals surface area contributed by atoms with Crippen LogP contribution in [0.15, 0.2) is 85.3 Å². The molecule has 0 saturated carbocycles. The van der Waals surface area contributed by atoms with Crippen molar-refractivity contribution in [1.29, 1.82) is 0 Å². The quantitative estimate of drug-likeness (QED) is 0.173. The summed E-state index contributed by atoms with van der Waals surface area (Å²) in [6, 6.07) is 3.54. The van der Waals surface area contributed by atoms with Crippen molar-refractivity contribution < 1.29 is 9.59 Å². The Balaban J connectivity index is 1.45. The second-order valence-corrected chi connectivity index (χ2v) is 9.71. The van der Waals surface area contributed by atoms with Crippen molar-refractivity contribution in [3.05, 3.63) is 90.9 Å². The highest BCUT2D eigenvalue weighted by atomic mass is 16.2. The lowest BCUT2D eigenvalue weighted by Gasteiger charge is -2.32. The Morgan fingerprint density at radius 3 is 2.11 bits per heavy atom. The first kappa shape index (κ1) is 31.0. The number of carbonyl (C=O) groups excluding carboxylic acids is 2. The van der Waals surface area contributed by atoms with Crippen molar-refractivity contribution in [2.75, 3.05) is 19.6 Å². The fourth-order valence-corrected chi connectivity index (χ4v) is 4.36. The van der Waals surface area contributed by atoms with E-state index in [1.807, 2.05) is 4.90 Å². The predicted molar refractivity (Wildman–Crippen MR) is 159 cm³/mol. The summed E-state index contributed by atoms with van der Waals surface area (Å²) in [7, 11) is 0. The molecule has 1 aliphatic heterocycles. The summed E-state index contributed by atoms with van der Waals surface area (Å²) >= 11 is 0. The molecule has 0 atom stereocenters. The lowest BCUT2D eigenvalue weighted by atomic mass is 9.93. The number of hydrogen-bond donors (Lipinski definition) is 1. The molecule has 1 aliphatic rings. The average Bonchev–Trinajstić information content (AvgIpc) is 2.95. The number of allylic oxidation sites excluding steroid dienone is 10. The number of carbonyl (C=O) groups is 2. The molecule has 2 rings (SSSR count). The molecule has 1 N–H and O–H groups in total. The van der Waals surface area contributed by atoms with Gasteiger partial charge in [0.15, 0.2) is 0 Å². The summed E-state index contributed by atoms with van der Waals surface area (Å²) in [5.41, 5.74) is 0.595. The van der Waals surface area contributed by atoms with Crippen molar-refractivity contribution in [2.24, 2.45) is 5.92 Å². The third kappa shape index (κ3) is 14.5. The number of nitrogens with zero attached hydrogens (tertiary/aromatic N) is 2. The van der Waals surface area contributed by atoms with Gasteiger partial charge in [0.05, 0.1) is 5.56 Å². The maximum Gasteiger partial charge on any atom is 0.252 e. The van der Waals surface area contributed by atoms with E-state index in [0.29, 0.717) is 24.4 Å². The number of hydrogen-bond acceptors (Lipinski definition) is 3. The molecule has 1 saturated heterocycles. The maximum absolute atomic E-state index is 12.5. The van der Waals surface area contributed by atoms with Gasteiger partial charge in [0.2, 0.25) is 5.91 Å². The molecule has 0 radical (unpaired) electrons. The minimum absolute atomic E-state index is 0.0711. The fraction of sp³-hybridized carbons (Fsp3) is 0.485. The molecule has 206 valence electrons.